The zero-order chi connectivity index (χ0) is 19.8. The number of benzene rings is 2. The molecule has 0 spiro atoms. The van der Waals surface area contributed by atoms with E-state index in [-0.39, 0.29) is 5.56 Å². The summed E-state index contributed by atoms with van der Waals surface area (Å²) in [6.45, 7) is 0. The molecule has 5 nitrogen and oxygen atoms in total. The van der Waals surface area contributed by atoms with Crippen molar-refractivity contribution in [2.75, 3.05) is 6.26 Å². The summed E-state index contributed by atoms with van der Waals surface area (Å²) in [5.74, 6) is -1.47. The molecule has 2 aromatic heterocycles. The normalized spacial score (nSPS) is 11.1. The van der Waals surface area contributed by atoms with Crippen LogP contribution in [-0.4, -0.2) is 32.1 Å². The van der Waals surface area contributed by atoms with Crippen LogP contribution in [0.1, 0.15) is 10.4 Å². The number of hydrogen-bond donors (Lipinski definition) is 1. The van der Waals surface area contributed by atoms with Crippen LogP contribution in [0, 0.1) is 5.82 Å². The van der Waals surface area contributed by atoms with Gasteiger partial charge in [0, 0.05) is 23.1 Å². The molecule has 0 atom stereocenters. The first kappa shape index (κ1) is 18.2. The van der Waals surface area contributed by atoms with Crippen molar-refractivity contribution in [1.82, 2.24) is 14.8 Å². The standard InChI is InChI=1S/C21H16FN3O2S/c1-25-20-15(18(24-25)12-6-4-3-5-7-12)19(28-2)16(21(26)27)17(23-20)13-8-10-14(22)11-9-13/h3-11H,1-2H3,(H,26,27). The van der Waals surface area contributed by atoms with Gasteiger partial charge >= 0.3 is 5.97 Å². The first-order valence-electron chi connectivity index (χ1n) is 8.50. The molecule has 0 saturated heterocycles. The fourth-order valence-electron chi connectivity index (χ4n) is 3.26. The Bertz CT molecular complexity index is 1190. The van der Waals surface area contributed by atoms with E-state index in [1.165, 1.54) is 36.0 Å². The number of halogens is 1. The van der Waals surface area contributed by atoms with Gasteiger partial charge in [-0.05, 0) is 30.5 Å². The zero-order valence-corrected chi connectivity index (χ0v) is 16.0. The van der Waals surface area contributed by atoms with Gasteiger partial charge < -0.3 is 5.11 Å². The summed E-state index contributed by atoms with van der Waals surface area (Å²) in [6, 6.07) is 15.3. The lowest BCUT2D eigenvalue weighted by atomic mass is 10.0. The molecule has 140 valence electrons. The van der Waals surface area contributed by atoms with E-state index < -0.39 is 11.8 Å². The molecule has 0 saturated carbocycles. The molecule has 0 aliphatic heterocycles. The molecule has 4 aromatic rings. The van der Waals surface area contributed by atoms with Crippen molar-refractivity contribution < 1.29 is 14.3 Å². The molecule has 4 rings (SSSR count). The Morgan fingerprint density at radius 1 is 1.04 bits per heavy atom. The molecule has 0 unspecified atom stereocenters. The minimum Gasteiger partial charge on any atom is -0.478 e. The predicted octanol–water partition coefficient (Wildman–Crippen LogP) is 4.86. The van der Waals surface area contributed by atoms with Crippen molar-refractivity contribution in [3.8, 4) is 22.5 Å². The average Bonchev–Trinajstić information content (AvgIpc) is 3.04. The summed E-state index contributed by atoms with van der Waals surface area (Å²) in [6.07, 6.45) is 1.83. The van der Waals surface area contributed by atoms with Gasteiger partial charge in [0.05, 0.1) is 11.1 Å². The summed E-state index contributed by atoms with van der Waals surface area (Å²) >= 11 is 1.34. The highest BCUT2D eigenvalue weighted by atomic mass is 32.2. The van der Waals surface area contributed by atoms with Crippen molar-refractivity contribution in [2.24, 2.45) is 7.05 Å². The van der Waals surface area contributed by atoms with E-state index in [4.69, 9.17) is 0 Å². The van der Waals surface area contributed by atoms with Crippen LogP contribution in [0.3, 0.4) is 0 Å². The van der Waals surface area contributed by atoms with Crippen molar-refractivity contribution in [1.29, 1.82) is 0 Å². The van der Waals surface area contributed by atoms with Gasteiger partial charge in [0.2, 0.25) is 0 Å². The third-order valence-corrected chi connectivity index (χ3v) is 5.32. The van der Waals surface area contributed by atoms with Gasteiger partial charge in [-0.2, -0.15) is 5.10 Å². The van der Waals surface area contributed by atoms with E-state index in [2.05, 4.69) is 10.1 Å². The molecule has 2 aromatic carbocycles. The van der Waals surface area contributed by atoms with E-state index >= 15 is 0 Å². The number of pyridine rings is 1. The molecular formula is C21H16FN3O2S. The SMILES string of the molecule is CSc1c(C(=O)O)c(-c2ccc(F)cc2)nc2c1c(-c1ccccc1)nn2C. The number of aromatic nitrogens is 3. The van der Waals surface area contributed by atoms with Crippen LogP contribution in [0.4, 0.5) is 4.39 Å². The average molecular weight is 393 g/mol. The van der Waals surface area contributed by atoms with E-state index in [1.807, 2.05) is 36.6 Å². The fourth-order valence-corrected chi connectivity index (χ4v) is 4.04. The lowest BCUT2D eigenvalue weighted by molar-refractivity contribution is 0.0694. The molecule has 0 aliphatic rings. The first-order chi connectivity index (χ1) is 13.5. The third-order valence-electron chi connectivity index (χ3n) is 4.51. The quantitative estimate of drug-likeness (QED) is 0.502. The van der Waals surface area contributed by atoms with Crippen molar-refractivity contribution in [2.45, 2.75) is 4.90 Å². The van der Waals surface area contributed by atoms with Gasteiger partial charge in [-0.3, -0.25) is 0 Å². The van der Waals surface area contributed by atoms with Crippen molar-refractivity contribution >= 4 is 28.8 Å². The Labute approximate surface area is 164 Å². The highest BCUT2D eigenvalue weighted by Crippen LogP contribution is 2.39. The van der Waals surface area contributed by atoms with Gasteiger partial charge in [0.15, 0.2) is 5.65 Å². The molecular weight excluding hydrogens is 377 g/mol. The molecule has 0 bridgehead atoms. The van der Waals surface area contributed by atoms with Crippen LogP contribution in [0.2, 0.25) is 0 Å². The maximum absolute atomic E-state index is 13.4. The Morgan fingerprint density at radius 3 is 2.29 bits per heavy atom. The summed E-state index contributed by atoms with van der Waals surface area (Å²) in [5.41, 5.74) is 3.08. The van der Waals surface area contributed by atoms with Crippen molar-refractivity contribution in [3.05, 3.63) is 66.0 Å². The number of carboxylic acids is 1. The minimum absolute atomic E-state index is 0.0942. The molecule has 7 heteroatoms. The number of aryl methyl sites for hydroxylation is 1. The zero-order valence-electron chi connectivity index (χ0n) is 15.2. The lowest BCUT2D eigenvalue weighted by Gasteiger charge is -2.12. The Hall–Kier alpha value is -3.19. The maximum Gasteiger partial charge on any atom is 0.339 e. The molecule has 0 fully saturated rings. The number of fused-ring (bicyclic) bond motifs is 1. The van der Waals surface area contributed by atoms with Crippen LogP contribution in [0.5, 0.6) is 0 Å². The Balaban J connectivity index is 2.11. The Kier molecular flexibility index (Phi) is 4.60. The van der Waals surface area contributed by atoms with Crippen LogP contribution < -0.4 is 0 Å². The molecule has 0 amide bonds. The third kappa shape index (κ3) is 2.93. The smallest absolute Gasteiger partial charge is 0.339 e. The number of carboxylic acid groups (broad SMARTS) is 1. The minimum atomic E-state index is -1.08. The second-order valence-corrected chi connectivity index (χ2v) is 7.03. The van der Waals surface area contributed by atoms with E-state index in [1.54, 1.807) is 11.7 Å². The predicted molar refractivity (Wildman–Crippen MR) is 108 cm³/mol. The highest BCUT2D eigenvalue weighted by Gasteiger charge is 2.26. The van der Waals surface area contributed by atoms with Crippen LogP contribution in [0.15, 0.2) is 59.5 Å². The second-order valence-electron chi connectivity index (χ2n) is 6.22. The summed E-state index contributed by atoms with van der Waals surface area (Å²) in [7, 11) is 1.78. The van der Waals surface area contributed by atoms with E-state index in [9.17, 15) is 14.3 Å². The Morgan fingerprint density at radius 2 is 1.68 bits per heavy atom. The van der Waals surface area contributed by atoms with Gasteiger partial charge in [0.25, 0.3) is 0 Å². The van der Waals surface area contributed by atoms with E-state index in [0.717, 1.165) is 5.56 Å². The summed E-state index contributed by atoms with van der Waals surface area (Å²) in [5, 5.41) is 15.3. The molecule has 0 aliphatic carbocycles. The lowest BCUT2D eigenvalue weighted by Crippen LogP contribution is -2.06. The maximum atomic E-state index is 13.4. The van der Waals surface area contributed by atoms with Crippen LogP contribution in [-0.2, 0) is 7.05 Å². The van der Waals surface area contributed by atoms with Gasteiger partial charge in [-0.25, -0.2) is 18.9 Å². The highest BCUT2D eigenvalue weighted by molar-refractivity contribution is 7.99. The number of thioether (sulfide) groups is 1. The van der Waals surface area contributed by atoms with Crippen LogP contribution >= 0.6 is 11.8 Å². The van der Waals surface area contributed by atoms with Crippen LogP contribution in [0.25, 0.3) is 33.5 Å². The number of nitrogens with zero attached hydrogens (tertiary/aromatic N) is 3. The number of hydrogen-bond acceptors (Lipinski definition) is 4. The number of carbonyl (C=O) groups is 1. The summed E-state index contributed by atoms with van der Waals surface area (Å²) in [4.78, 5) is 17.4. The van der Waals surface area contributed by atoms with E-state index in [0.29, 0.717) is 32.9 Å². The molecule has 1 N–H and O–H groups in total. The fraction of sp³-hybridized carbons (Fsp3) is 0.0952. The van der Waals surface area contributed by atoms with Gasteiger partial charge in [-0.15, -0.1) is 11.8 Å². The number of rotatable bonds is 4. The topological polar surface area (TPSA) is 68.0 Å². The second kappa shape index (κ2) is 7.09. The largest absolute Gasteiger partial charge is 0.478 e. The molecule has 2 heterocycles. The van der Waals surface area contributed by atoms with Gasteiger partial charge in [-0.1, -0.05) is 30.3 Å². The van der Waals surface area contributed by atoms with Crippen molar-refractivity contribution in [3.63, 3.8) is 0 Å². The molecule has 0 radical (unpaired) electrons. The summed E-state index contributed by atoms with van der Waals surface area (Å²) < 4.78 is 15.0. The monoisotopic (exact) mass is 393 g/mol. The first-order valence-corrected chi connectivity index (χ1v) is 9.73. The molecule has 28 heavy (non-hydrogen) atoms. The van der Waals surface area contributed by atoms with Gasteiger partial charge in [0.1, 0.15) is 17.1 Å². The number of aromatic carboxylic acids is 1.